The molecule has 7 heteroatoms. The van der Waals surface area contributed by atoms with Crippen LogP contribution in [0.3, 0.4) is 0 Å². The molecule has 0 radical (unpaired) electrons. The van der Waals surface area contributed by atoms with Crippen molar-refractivity contribution in [1.82, 2.24) is 25.6 Å². The van der Waals surface area contributed by atoms with Gasteiger partial charge in [0.1, 0.15) is 5.75 Å². The Labute approximate surface area is 150 Å². The number of nitrogens with zero attached hydrogens (tertiary/aromatic N) is 3. The van der Waals surface area contributed by atoms with E-state index in [-0.39, 0.29) is 5.56 Å². The number of ether oxygens (including phenoxy) is 1. The maximum Gasteiger partial charge on any atom is 0.259 e. The van der Waals surface area contributed by atoms with E-state index < -0.39 is 0 Å². The fourth-order valence-corrected chi connectivity index (χ4v) is 2.77. The number of allylic oxidation sites excluding steroid dienone is 2. The largest absolute Gasteiger partial charge is 0.496 e. The maximum absolute atomic E-state index is 12.4. The summed E-state index contributed by atoms with van der Waals surface area (Å²) in [5.74, 6) is 1.12. The van der Waals surface area contributed by atoms with Crippen molar-refractivity contribution < 1.29 is 4.74 Å². The molecule has 0 saturated heterocycles. The third-order valence-electron chi connectivity index (χ3n) is 3.86. The molecule has 2 aromatic heterocycles. The highest BCUT2D eigenvalue weighted by Crippen LogP contribution is 2.32. The topological polar surface area (TPSA) is 96.5 Å². The Morgan fingerprint density at radius 3 is 2.27 bits per heavy atom. The minimum atomic E-state index is -0.267. The second kappa shape index (κ2) is 7.60. The highest BCUT2D eigenvalue weighted by atomic mass is 16.5. The normalized spacial score (nSPS) is 11.5. The van der Waals surface area contributed by atoms with Gasteiger partial charge in [-0.1, -0.05) is 24.3 Å². The van der Waals surface area contributed by atoms with Gasteiger partial charge in [0.15, 0.2) is 5.82 Å². The summed E-state index contributed by atoms with van der Waals surface area (Å²) >= 11 is 0. The molecular formula is C19H19N5O2. The number of nitrogens with one attached hydrogen (secondary N) is 2. The Balaban J connectivity index is 2.14. The standard InChI is InChI=1S/C19H19N5O2/c1-4-6-12-10-14(11-13(7-5-2)17(12)26-3)16-9-8-15(19(25)20-16)18-21-23-24-22-18/h4-11H,1-3H3,(H,20,25)(H,21,22,23,24)/b6-4+,7-5+. The second-order valence-corrected chi connectivity index (χ2v) is 5.55. The minimum absolute atomic E-state index is 0.267. The van der Waals surface area contributed by atoms with Crippen molar-refractivity contribution in [3.63, 3.8) is 0 Å². The molecule has 3 aromatic rings. The van der Waals surface area contributed by atoms with Crippen molar-refractivity contribution in [3.05, 3.63) is 57.9 Å². The summed E-state index contributed by atoms with van der Waals surface area (Å²) in [5.41, 5.74) is 3.57. The van der Waals surface area contributed by atoms with E-state index in [4.69, 9.17) is 4.74 Å². The lowest BCUT2D eigenvalue weighted by molar-refractivity contribution is 0.413. The summed E-state index contributed by atoms with van der Waals surface area (Å²) in [4.78, 5) is 15.3. The molecule has 0 unspecified atom stereocenters. The molecule has 0 aliphatic rings. The van der Waals surface area contributed by atoms with E-state index in [1.807, 2.05) is 56.4 Å². The molecule has 132 valence electrons. The van der Waals surface area contributed by atoms with Crippen molar-refractivity contribution in [2.75, 3.05) is 7.11 Å². The van der Waals surface area contributed by atoms with E-state index >= 15 is 0 Å². The Kier molecular flexibility index (Phi) is 5.07. The zero-order chi connectivity index (χ0) is 18.5. The molecule has 0 amide bonds. The monoisotopic (exact) mass is 349 g/mol. The number of methoxy groups -OCH3 is 1. The summed E-state index contributed by atoms with van der Waals surface area (Å²) in [6, 6.07) is 7.49. The van der Waals surface area contributed by atoms with Crippen LogP contribution in [0.1, 0.15) is 25.0 Å². The summed E-state index contributed by atoms with van der Waals surface area (Å²) in [7, 11) is 1.65. The SMILES string of the molecule is C/C=C/c1cc(-c2ccc(-c3nnn[nH]3)c(=O)[nH]2)cc(/C=C/C)c1OC. The fraction of sp³-hybridized carbons (Fsp3) is 0.158. The third kappa shape index (κ3) is 3.32. The highest BCUT2D eigenvalue weighted by molar-refractivity contribution is 5.76. The zero-order valence-electron chi connectivity index (χ0n) is 14.8. The number of H-pyrrole nitrogens is 2. The molecule has 2 heterocycles. The lowest BCUT2D eigenvalue weighted by Crippen LogP contribution is -2.10. The quantitative estimate of drug-likeness (QED) is 0.737. The van der Waals surface area contributed by atoms with Crippen molar-refractivity contribution in [2.24, 2.45) is 0 Å². The van der Waals surface area contributed by atoms with Gasteiger partial charge in [0.2, 0.25) is 0 Å². The van der Waals surface area contributed by atoms with Crippen molar-refractivity contribution in [1.29, 1.82) is 0 Å². The molecule has 0 bridgehead atoms. The predicted molar refractivity (Wildman–Crippen MR) is 102 cm³/mol. The number of benzene rings is 1. The van der Waals surface area contributed by atoms with Crippen LogP contribution in [0, 0.1) is 0 Å². The molecular weight excluding hydrogens is 330 g/mol. The molecule has 0 atom stereocenters. The summed E-state index contributed by atoms with van der Waals surface area (Å²) < 4.78 is 5.56. The van der Waals surface area contributed by atoms with E-state index in [1.54, 1.807) is 13.2 Å². The number of aromatic amines is 2. The van der Waals surface area contributed by atoms with Crippen LogP contribution in [-0.4, -0.2) is 32.7 Å². The van der Waals surface area contributed by atoms with Gasteiger partial charge in [-0.25, -0.2) is 5.10 Å². The Morgan fingerprint density at radius 1 is 1.08 bits per heavy atom. The lowest BCUT2D eigenvalue weighted by atomic mass is 10.00. The van der Waals surface area contributed by atoms with Gasteiger partial charge in [0, 0.05) is 16.8 Å². The van der Waals surface area contributed by atoms with Gasteiger partial charge in [0.25, 0.3) is 5.56 Å². The molecule has 0 aliphatic carbocycles. The number of rotatable bonds is 5. The number of pyridine rings is 1. The molecule has 1 aromatic carbocycles. The first-order valence-electron chi connectivity index (χ1n) is 8.13. The third-order valence-corrected chi connectivity index (χ3v) is 3.86. The molecule has 7 nitrogen and oxygen atoms in total. The minimum Gasteiger partial charge on any atom is -0.496 e. The van der Waals surface area contributed by atoms with Crippen molar-refractivity contribution >= 4 is 12.2 Å². The average molecular weight is 349 g/mol. The van der Waals surface area contributed by atoms with E-state index in [0.717, 1.165) is 22.4 Å². The molecule has 0 spiro atoms. The first kappa shape index (κ1) is 17.3. The van der Waals surface area contributed by atoms with Gasteiger partial charge >= 0.3 is 0 Å². The van der Waals surface area contributed by atoms with Crippen LogP contribution < -0.4 is 10.3 Å². The Morgan fingerprint density at radius 2 is 1.77 bits per heavy atom. The van der Waals surface area contributed by atoms with Gasteiger partial charge in [-0.15, -0.1) is 5.10 Å². The highest BCUT2D eigenvalue weighted by Gasteiger charge is 2.12. The van der Waals surface area contributed by atoms with Gasteiger partial charge < -0.3 is 9.72 Å². The smallest absolute Gasteiger partial charge is 0.259 e. The van der Waals surface area contributed by atoms with Crippen LogP contribution in [0.2, 0.25) is 0 Å². The summed E-state index contributed by atoms with van der Waals surface area (Å²) in [6.07, 6.45) is 7.84. The van der Waals surface area contributed by atoms with E-state index in [2.05, 4.69) is 25.6 Å². The van der Waals surface area contributed by atoms with E-state index in [1.165, 1.54) is 0 Å². The van der Waals surface area contributed by atoms with E-state index in [0.29, 0.717) is 17.1 Å². The molecule has 0 aliphatic heterocycles. The first-order chi connectivity index (χ1) is 12.7. The number of hydrogen-bond acceptors (Lipinski definition) is 5. The predicted octanol–water partition coefficient (Wildman–Crippen LogP) is 3.30. The van der Waals surface area contributed by atoms with Gasteiger partial charge in [-0.3, -0.25) is 4.79 Å². The molecule has 26 heavy (non-hydrogen) atoms. The van der Waals surface area contributed by atoms with Crippen LogP contribution in [0.4, 0.5) is 0 Å². The molecule has 3 rings (SSSR count). The van der Waals surface area contributed by atoms with Gasteiger partial charge in [-0.2, -0.15) is 0 Å². The maximum atomic E-state index is 12.4. The van der Waals surface area contributed by atoms with Gasteiger partial charge in [0.05, 0.1) is 12.7 Å². The fourth-order valence-electron chi connectivity index (χ4n) is 2.77. The average Bonchev–Trinajstić information content (AvgIpc) is 3.16. The van der Waals surface area contributed by atoms with Crippen molar-refractivity contribution in [3.8, 4) is 28.4 Å². The van der Waals surface area contributed by atoms with Crippen LogP contribution in [-0.2, 0) is 0 Å². The van der Waals surface area contributed by atoms with Crippen LogP contribution in [0.15, 0.2) is 41.2 Å². The van der Waals surface area contributed by atoms with Crippen LogP contribution in [0.25, 0.3) is 34.8 Å². The van der Waals surface area contributed by atoms with Crippen molar-refractivity contribution in [2.45, 2.75) is 13.8 Å². The Bertz CT molecular complexity index is 984. The molecule has 0 saturated carbocycles. The first-order valence-corrected chi connectivity index (χ1v) is 8.13. The van der Waals surface area contributed by atoms with Crippen LogP contribution in [0.5, 0.6) is 5.75 Å². The zero-order valence-corrected chi connectivity index (χ0v) is 14.8. The molecule has 0 fully saturated rings. The number of aromatic nitrogens is 5. The lowest BCUT2D eigenvalue weighted by Gasteiger charge is -2.12. The molecule has 2 N–H and O–H groups in total. The number of hydrogen-bond donors (Lipinski definition) is 2. The van der Waals surface area contributed by atoms with E-state index in [9.17, 15) is 4.79 Å². The van der Waals surface area contributed by atoms with Gasteiger partial charge in [-0.05, 0) is 54.1 Å². The number of tetrazole rings is 1. The second-order valence-electron chi connectivity index (χ2n) is 5.55. The Hall–Kier alpha value is -3.48. The summed E-state index contributed by atoms with van der Waals surface area (Å²) in [6.45, 7) is 3.90. The summed E-state index contributed by atoms with van der Waals surface area (Å²) in [5, 5.41) is 13.4. The van der Waals surface area contributed by atoms with Crippen LogP contribution >= 0.6 is 0 Å².